The Kier molecular flexibility index (Phi) is 11.6. The van der Waals surface area contributed by atoms with Gasteiger partial charge in [-0.25, -0.2) is 0 Å². The van der Waals surface area contributed by atoms with Gasteiger partial charge >= 0.3 is 0 Å². The van der Waals surface area contributed by atoms with Crippen LogP contribution < -0.4 is 32.2 Å². The smallest absolute Gasteiger partial charge is 0.188 e. The van der Waals surface area contributed by atoms with Crippen molar-refractivity contribution in [3.63, 3.8) is 0 Å². The molecule has 1 rings (SSSR count). The molecule has 0 aliphatic heterocycles. The van der Waals surface area contributed by atoms with Gasteiger partial charge < -0.3 is 32.2 Å². The number of nitrogen functional groups attached to an aromatic ring is 1. The predicted octanol–water partition coefficient (Wildman–Crippen LogP) is 1.29. The van der Waals surface area contributed by atoms with Crippen LogP contribution >= 0.6 is 0 Å². The first-order valence-electron chi connectivity index (χ1n) is 9.70. The van der Waals surface area contributed by atoms with Gasteiger partial charge in [-0.15, -0.1) is 0 Å². The van der Waals surface area contributed by atoms with Crippen molar-refractivity contribution in [2.45, 2.75) is 38.5 Å². The van der Waals surface area contributed by atoms with E-state index in [0.29, 0.717) is 24.7 Å². The molecule has 9 heteroatoms. The van der Waals surface area contributed by atoms with Crippen LogP contribution in [0.15, 0.2) is 24.3 Å². The molecule has 28 heavy (non-hydrogen) atoms. The summed E-state index contributed by atoms with van der Waals surface area (Å²) < 4.78 is 5.62. The van der Waals surface area contributed by atoms with E-state index in [2.05, 4.69) is 16.0 Å². The SMILES string of the molecule is N=C(N)NCCCCCCCNC(=N)NCCCOc1ccc(C(=N)N)cc1. The number of guanidine groups is 2. The Balaban J connectivity index is 1.92. The molecule has 1 aromatic rings. The molecule has 0 aliphatic rings. The number of nitrogens with two attached hydrogens (primary N) is 2. The van der Waals surface area contributed by atoms with Gasteiger partial charge in [0.2, 0.25) is 0 Å². The average Bonchev–Trinajstić information content (AvgIpc) is 2.66. The lowest BCUT2D eigenvalue weighted by atomic mass is 10.1. The van der Waals surface area contributed by atoms with E-state index in [-0.39, 0.29) is 11.8 Å². The number of ether oxygens (including phenoxy) is 1. The zero-order chi connectivity index (χ0) is 20.6. The van der Waals surface area contributed by atoms with Crippen molar-refractivity contribution in [3.05, 3.63) is 29.8 Å². The van der Waals surface area contributed by atoms with Crippen molar-refractivity contribution in [3.8, 4) is 5.75 Å². The first kappa shape index (κ1) is 23.1. The van der Waals surface area contributed by atoms with Gasteiger partial charge in [0.05, 0.1) is 6.61 Å². The van der Waals surface area contributed by atoms with Crippen molar-refractivity contribution in [1.82, 2.24) is 16.0 Å². The second-order valence-electron chi connectivity index (χ2n) is 6.48. The molecule has 10 N–H and O–H groups in total. The monoisotopic (exact) mass is 390 g/mol. The van der Waals surface area contributed by atoms with Gasteiger partial charge in [0, 0.05) is 25.2 Å². The number of hydrogen-bond donors (Lipinski definition) is 8. The van der Waals surface area contributed by atoms with Crippen LogP contribution in [-0.4, -0.2) is 44.0 Å². The standard InChI is InChI=1S/C19H34N8O/c20-17(21)15-7-9-16(10-8-15)28-14-6-13-27-19(24)26-12-5-3-1-2-4-11-25-18(22)23/h7-10H,1-6,11-14H2,(H3,20,21)(H4,22,23,25)(H3,24,26,27). The molecule has 0 amide bonds. The lowest BCUT2D eigenvalue weighted by Gasteiger charge is -2.11. The second-order valence-corrected chi connectivity index (χ2v) is 6.48. The Bertz CT molecular complexity index is 602. The van der Waals surface area contributed by atoms with Crippen molar-refractivity contribution < 1.29 is 4.74 Å². The maximum Gasteiger partial charge on any atom is 0.188 e. The topological polar surface area (TPSA) is 169 Å². The Morgan fingerprint density at radius 1 is 0.750 bits per heavy atom. The van der Waals surface area contributed by atoms with Crippen LogP contribution in [-0.2, 0) is 0 Å². The highest BCUT2D eigenvalue weighted by Gasteiger charge is 1.99. The maximum absolute atomic E-state index is 7.83. The molecule has 0 saturated heterocycles. The molecule has 156 valence electrons. The third-order valence-electron chi connectivity index (χ3n) is 4.03. The van der Waals surface area contributed by atoms with Crippen LogP contribution in [0, 0.1) is 16.2 Å². The summed E-state index contributed by atoms with van der Waals surface area (Å²) in [7, 11) is 0. The number of rotatable bonds is 14. The molecule has 0 fully saturated rings. The summed E-state index contributed by atoms with van der Waals surface area (Å²) in [6, 6.07) is 7.12. The lowest BCUT2D eigenvalue weighted by molar-refractivity contribution is 0.311. The van der Waals surface area contributed by atoms with Crippen molar-refractivity contribution in [2.24, 2.45) is 11.5 Å². The summed E-state index contributed by atoms with van der Waals surface area (Å²) in [6.07, 6.45) is 6.22. The normalized spacial score (nSPS) is 10.1. The number of benzene rings is 1. The van der Waals surface area contributed by atoms with Crippen LogP contribution in [0.4, 0.5) is 0 Å². The number of amidine groups is 1. The summed E-state index contributed by atoms with van der Waals surface area (Å²) in [5, 5.41) is 31.1. The van der Waals surface area contributed by atoms with E-state index in [4.69, 9.17) is 32.4 Å². The van der Waals surface area contributed by atoms with Gasteiger partial charge in [-0.1, -0.05) is 19.3 Å². The van der Waals surface area contributed by atoms with Crippen molar-refractivity contribution in [1.29, 1.82) is 16.2 Å². The van der Waals surface area contributed by atoms with Gasteiger partial charge in [0.25, 0.3) is 0 Å². The molecule has 0 radical (unpaired) electrons. The molecule has 0 atom stereocenters. The first-order chi connectivity index (χ1) is 13.5. The Morgan fingerprint density at radius 3 is 1.86 bits per heavy atom. The number of nitrogens with one attached hydrogen (secondary N) is 6. The summed E-state index contributed by atoms with van der Waals surface area (Å²) in [5.41, 5.74) is 11.3. The lowest BCUT2D eigenvalue weighted by Crippen LogP contribution is -2.37. The molecule has 0 aromatic heterocycles. The van der Waals surface area contributed by atoms with E-state index >= 15 is 0 Å². The summed E-state index contributed by atoms with van der Waals surface area (Å²) in [5.74, 6) is 1.17. The van der Waals surface area contributed by atoms with Crippen LogP contribution in [0.2, 0.25) is 0 Å². The molecule has 0 bridgehead atoms. The average molecular weight is 391 g/mol. The fourth-order valence-electron chi connectivity index (χ4n) is 2.49. The first-order valence-corrected chi connectivity index (χ1v) is 9.70. The van der Waals surface area contributed by atoms with E-state index in [1.165, 1.54) is 0 Å². The molecule has 0 spiro atoms. The molecule has 0 heterocycles. The molecular weight excluding hydrogens is 356 g/mol. The predicted molar refractivity (Wildman–Crippen MR) is 114 cm³/mol. The number of hydrogen-bond acceptors (Lipinski definition) is 4. The number of unbranched alkanes of at least 4 members (excludes halogenated alkanes) is 4. The second kappa shape index (κ2) is 14.1. The van der Waals surface area contributed by atoms with Crippen molar-refractivity contribution >= 4 is 17.8 Å². The van der Waals surface area contributed by atoms with E-state index in [0.717, 1.165) is 57.4 Å². The maximum atomic E-state index is 7.83. The Labute approximate surface area is 167 Å². The molecule has 0 saturated carbocycles. The summed E-state index contributed by atoms with van der Waals surface area (Å²) in [6.45, 7) is 2.77. The Hall–Kier alpha value is -2.97. The van der Waals surface area contributed by atoms with Crippen LogP contribution in [0.5, 0.6) is 5.75 Å². The third kappa shape index (κ3) is 11.6. The molecule has 0 aliphatic carbocycles. The van der Waals surface area contributed by atoms with Gasteiger partial charge in [0.1, 0.15) is 11.6 Å². The Morgan fingerprint density at radius 2 is 1.29 bits per heavy atom. The highest BCUT2D eigenvalue weighted by atomic mass is 16.5. The molecule has 0 unspecified atom stereocenters. The zero-order valence-electron chi connectivity index (χ0n) is 16.4. The van der Waals surface area contributed by atoms with Gasteiger partial charge in [0.15, 0.2) is 11.9 Å². The van der Waals surface area contributed by atoms with E-state index in [1.54, 1.807) is 24.3 Å². The fraction of sp³-hybridized carbons (Fsp3) is 0.526. The largest absolute Gasteiger partial charge is 0.494 e. The van der Waals surface area contributed by atoms with Crippen molar-refractivity contribution in [2.75, 3.05) is 26.2 Å². The fourth-order valence-corrected chi connectivity index (χ4v) is 2.49. The third-order valence-corrected chi connectivity index (χ3v) is 4.03. The van der Waals surface area contributed by atoms with Gasteiger partial charge in [-0.3, -0.25) is 16.2 Å². The van der Waals surface area contributed by atoms with Crippen LogP contribution in [0.3, 0.4) is 0 Å². The van der Waals surface area contributed by atoms with Crippen LogP contribution in [0.25, 0.3) is 0 Å². The van der Waals surface area contributed by atoms with E-state index in [9.17, 15) is 0 Å². The summed E-state index contributed by atoms with van der Waals surface area (Å²) in [4.78, 5) is 0. The highest BCUT2D eigenvalue weighted by Crippen LogP contribution is 2.11. The molecule has 9 nitrogen and oxygen atoms in total. The minimum atomic E-state index is 0.0325. The zero-order valence-corrected chi connectivity index (χ0v) is 16.4. The minimum absolute atomic E-state index is 0.0325. The quantitative estimate of drug-likeness (QED) is 0.135. The molecule has 1 aromatic carbocycles. The van der Waals surface area contributed by atoms with Crippen LogP contribution in [0.1, 0.15) is 44.1 Å². The van der Waals surface area contributed by atoms with E-state index < -0.39 is 0 Å². The molecular formula is C19H34N8O. The summed E-state index contributed by atoms with van der Waals surface area (Å²) >= 11 is 0. The van der Waals surface area contributed by atoms with Gasteiger partial charge in [-0.2, -0.15) is 0 Å². The van der Waals surface area contributed by atoms with Gasteiger partial charge in [-0.05, 0) is 43.5 Å². The highest BCUT2D eigenvalue weighted by molar-refractivity contribution is 5.94. The minimum Gasteiger partial charge on any atom is -0.494 e. The van der Waals surface area contributed by atoms with E-state index in [1.807, 2.05) is 0 Å².